The molecule has 86 valence electrons. The van der Waals surface area contributed by atoms with E-state index >= 15 is 0 Å². The van der Waals surface area contributed by atoms with E-state index in [1.54, 1.807) is 13.3 Å². The summed E-state index contributed by atoms with van der Waals surface area (Å²) in [7, 11) is 1.79. The van der Waals surface area contributed by atoms with Crippen LogP contribution in [0, 0.1) is 0 Å². The van der Waals surface area contributed by atoms with E-state index in [0.29, 0.717) is 6.10 Å². The fourth-order valence-corrected chi connectivity index (χ4v) is 1.97. The Labute approximate surface area is 96.5 Å². The average molecular weight is 218 g/mol. The molecule has 0 aliphatic heterocycles. The van der Waals surface area contributed by atoms with Crippen molar-refractivity contribution in [3.63, 3.8) is 0 Å². The Kier molecular flexibility index (Phi) is 3.81. The Balaban J connectivity index is 1.93. The summed E-state index contributed by atoms with van der Waals surface area (Å²) in [6, 6.07) is 8.06. The zero-order chi connectivity index (χ0) is 11.2. The van der Waals surface area contributed by atoms with E-state index in [0.717, 1.165) is 11.3 Å². The van der Waals surface area contributed by atoms with Crippen molar-refractivity contribution in [2.75, 3.05) is 7.05 Å². The smallest absolute Gasteiger partial charge is 0.119 e. The third-order valence-electron chi connectivity index (χ3n) is 2.83. The first-order valence-corrected chi connectivity index (χ1v) is 5.85. The Morgan fingerprint density at radius 3 is 2.56 bits per heavy atom. The maximum absolute atomic E-state index is 5.87. The molecule has 0 heterocycles. The van der Waals surface area contributed by atoms with Crippen molar-refractivity contribution in [2.24, 2.45) is 5.10 Å². The van der Waals surface area contributed by atoms with Crippen LogP contribution in [-0.2, 0) is 0 Å². The normalized spacial score (nSPS) is 16.8. The molecule has 0 radical (unpaired) electrons. The molecule has 0 bridgehead atoms. The highest BCUT2D eigenvalue weighted by Gasteiger charge is 2.15. The first kappa shape index (κ1) is 11.0. The van der Waals surface area contributed by atoms with Crippen molar-refractivity contribution < 1.29 is 4.74 Å². The number of nitrogens with zero attached hydrogens (tertiary/aromatic N) is 1. The fraction of sp³-hybridized carbons (Fsp3) is 0.462. The molecule has 0 atom stereocenters. The highest BCUT2D eigenvalue weighted by molar-refractivity contribution is 5.79. The second kappa shape index (κ2) is 5.54. The number of ether oxygens (including phenoxy) is 1. The monoisotopic (exact) mass is 218 g/mol. The van der Waals surface area contributed by atoms with Gasteiger partial charge in [-0.05, 0) is 55.5 Å². The SMILES string of the molecule is CNN=Cc1ccc(OC2CCCC2)cc1. The number of hydrogen-bond acceptors (Lipinski definition) is 3. The van der Waals surface area contributed by atoms with Crippen LogP contribution in [0.1, 0.15) is 31.2 Å². The van der Waals surface area contributed by atoms with Gasteiger partial charge in [-0.2, -0.15) is 5.10 Å². The lowest BCUT2D eigenvalue weighted by Gasteiger charge is -2.12. The summed E-state index contributed by atoms with van der Waals surface area (Å²) in [5.41, 5.74) is 3.80. The van der Waals surface area contributed by atoms with Gasteiger partial charge in [0.15, 0.2) is 0 Å². The van der Waals surface area contributed by atoms with Gasteiger partial charge in [0, 0.05) is 7.05 Å². The van der Waals surface area contributed by atoms with Gasteiger partial charge in [-0.1, -0.05) is 0 Å². The Bertz CT molecular complexity index is 339. The minimum absolute atomic E-state index is 0.428. The largest absolute Gasteiger partial charge is 0.490 e. The molecular weight excluding hydrogens is 200 g/mol. The van der Waals surface area contributed by atoms with Crippen LogP contribution in [0.5, 0.6) is 5.75 Å². The number of nitrogens with one attached hydrogen (secondary N) is 1. The van der Waals surface area contributed by atoms with Gasteiger partial charge < -0.3 is 10.2 Å². The van der Waals surface area contributed by atoms with E-state index in [2.05, 4.69) is 10.5 Å². The summed E-state index contributed by atoms with van der Waals surface area (Å²) in [4.78, 5) is 0. The molecule has 2 rings (SSSR count). The maximum Gasteiger partial charge on any atom is 0.119 e. The van der Waals surface area contributed by atoms with E-state index in [-0.39, 0.29) is 0 Å². The third-order valence-corrected chi connectivity index (χ3v) is 2.83. The Morgan fingerprint density at radius 1 is 1.25 bits per heavy atom. The molecule has 1 aliphatic rings. The first-order chi connectivity index (χ1) is 7.88. The van der Waals surface area contributed by atoms with Crippen LogP contribution in [0.2, 0.25) is 0 Å². The lowest BCUT2D eigenvalue weighted by molar-refractivity contribution is 0.210. The Morgan fingerprint density at radius 2 is 1.94 bits per heavy atom. The maximum atomic E-state index is 5.87. The van der Waals surface area contributed by atoms with Crippen LogP contribution in [0.3, 0.4) is 0 Å². The van der Waals surface area contributed by atoms with Gasteiger partial charge in [0.1, 0.15) is 5.75 Å². The standard InChI is InChI=1S/C13H18N2O/c1-14-15-10-11-6-8-13(9-7-11)16-12-4-2-3-5-12/h6-10,12,14H,2-5H2,1H3. The molecule has 0 amide bonds. The van der Waals surface area contributed by atoms with Crippen LogP contribution >= 0.6 is 0 Å². The lowest BCUT2D eigenvalue weighted by atomic mass is 10.2. The zero-order valence-electron chi connectivity index (χ0n) is 9.65. The summed E-state index contributed by atoms with van der Waals surface area (Å²) in [6.07, 6.45) is 7.22. The second-order valence-electron chi connectivity index (χ2n) is 4.08. The highest BCUT2D eigenvalue weighted by atomic mass is 16.5. The van der Waals surface area contributed by atoms with Crippen LogP contribution in [-0.4, -0.2) is 19.4 Å². The van der Waals surface area contributed by atoms with Crippen molar-refractivity contribution in [3.05, 3.63) is 29.8 Å². The van der Waals surface area contributed by atoms with E-state index < -0.39 is 0 Å². The molecule has 3 heteroatoms. The molecule has 3 nitrogen and oxygen atoms in total. The minimum Gasteiger partial charge on any atom is -0.490 e. The highest BCUT2D eigenvalue weighted by Crippen LogP contribution is 2.23. The van der Waals surface area contributed by atoms with Gasteiger partial charge in [0.05, 0.1) is 12.3 Å². The summed E-state index contributed by atoms with van der Waals surface area (Å²) >= 11 is 0. The average Bonchev–Trinajstić information content (AvgIpc) is 2.81. The molecular formula is C13H18N2O. The van der Waals surface area contributed by atoms with Gasteiger partial charge in [-0.3, -0.25) is 0 Å². The topological polar surface area (TPSA) is 33.6 Å². The molecule has 0 unspecified atom stereocenters. The number of benzene rings is 1. The first-order valence-electron chi connectivity index (χ1n) is 5.85. The van der Waals surface area contributed by atoms with Crippen LogP contribution in [0.15, 0.2) is 29.4 Å². The van der Waals surface area contributed by atoms with Crippen LogP contribution in [0.25, 0.3) is 0 Å². The van der Waals surface area contributed by atoms with Gasteiger partial charge in [-0.15, -0.1) is 0 Å². The lowest BCUT2D eigenvalue weighted by Crippen LogP contribution is -2.10. The summed E-state index contributed by atoms with van der Waals surface area (Å²) in [5, 5.41) is 3.96. The van der Waals surface area contributed by atoms with Crippen molar-refractivity contribution in [2.45, 2.75) is 31.8 Å². The van der Waals surface area contributed by atoms with Gasteiger partial charge in [0.2, 0.25) is 0 Å². The molecule has 1 saturated carbocycles. The molecule has 1 aromatic carbocycles. The van der Waals surface area contributed by atoms with Crippen LogP contribution in [0.4, 0.5) is 0 Å². The summed E-state index contributed by atoms with van der Waals surface area (Å²) in [5.74, 6) is 0.966. The second-order valence-corrected chi connectivity index (χ2v) is 4.08. The van der Waals surface area contributed by atoms with E-state index in [9.17, 15) is 0 Å². The fourth-order valence-electron chi connectivity index (χ4n) is 1.97. The van der Waals surface area contributed by atoms with Crippen molar-refractivity contribution in [1.29, 1.82) is 0 Å². The van der Waals surface area contributed by atoms with Gasteiger partial charge >= 0.3 is 0 Å². The van der Waals surface area contributed by atoms with Crippen molar-refractivity contribution in [3.8, 4) is 5.75 Å². The van der Waals surface area contributed by atoms with Gasteiger partial charge in [-0.25, -0.2) is 0 Å². The molecule has 1 aromatic rings. The molecule has 0 aromatic heterocycles. The molecule has 1 N–H and O–H groups in total. The minimum atomic E-state index is 0.428. The van der Waals surface area contributed by atoms with E-state index in [4.69, 9.17) is 4.74 Å². The quantitative estimate of drug-likeness (QED) is 0.622. The molecule has 0 saturated heterocycles. The third kappa shape index (κ3) is 2.99. The van der Waals surface area contributed by atoms with Crippen LogP contribution < -0.4 is 10.2 Å². The predicted molar refractivity (Wildman–Crippen MR) is 66.0 cm³/mol. The molecule has 0 spiro atoms. The number of hydrogen-bond donors (Lipinski definition) is 1. The summed E-state index contributed by atoms with van der Waals surface area (Å²) < 4.78 is 5.87. The van der Waals surface area contributed by atoms with E-state index in [1.165, 1.54) is 25.7 Å². The zero-order valence-corrected chi connectivity index (χ0v) is 9.65. The Hall–Kier alpha value is -1.51. The van der Waals surface area contributed by atoms with Gasteiger partial charge in [0.25, 0.3) is 0 Å². The predicted octanol–water partition coefficient (Wildman–Crippen LogP) is 2.56. The molecule has 1 aliphatic carbocycles. The molecule has 16 heavy (non-hydrogen) atoms. The number of rotatable bonds is 4. The molecule has 1 fully saturated rings. The number of hydrazone groups is 1. The van der Waals surface area contributed by atoms with E-state index in [1.807, 2.05) is 24.3 Å². The van der Waals surface area contributed by atoms with Crippen molar-refractivity contribution in [1.82, 2.24) is 5.43 Å². The van der Waals surface area contributed by atoms with Crippen molar-refractivity contribution >= 4 is 6.21 Å². The summed E-state index contributed by atoms with van der Waals surface area (Å²) in [6.45, 7) is 0.